The van der Waals surface area contributed by atoms with Gasteiger partial charge in [0.25, 0.3) is 0 Å². The molecule has 1 unspecified atom stereocenters. The summed E-state index contributed by atoms with van der Waals surface area (Å²) in [5.41, 5.74) is 15.1. The first-order valence-corrected chi connectivity index (χ1v) is 16.8. The summed E-state index contributed by atoms with van der Waals surface area (Å²) in [6, 6.07) is 44.7. The summed E-state index contributed by atoms with van der Waals surface area (Å²) in [5.74, 6) is 0. The third kappa shape index (κ3) is 4.79. The number of hydrogen-bond acceptors (Lipinski definition) is 5. The van der Waals surface area contributed by atoms with Gasteiger partial charge < -0.3 is 5.32 Å². The van der Waals surface area contributed by atoms with E-state index in [-0.39, 0.29) is 6.04 Å². The van der Waals surface area contributed by atoms with Crippen LogP contribution in [-0.2, 0) is 0 Å². The van der Waals surface area contributed by atoms with Crippen molar-refractivity contribution in [1.82, 2.24) is 25.3 Å². The molecule has 0 amide bonds. The van der Waals surface area contributed by atoms with Gasteiger partial charge in [0, 0.05) is 39.7 Å². The molecule has 1 N–H and O–H groups in total. The second-order valence-corrected chi connectivity index (χ2v) is 12.8. The molecule has 234 valence electrons. The van der Waals surface area contributed by atoms with E-state index in [1.807, 2.05) is 48.9 Å². The Kier molecular flexibility index (Phi) is 6.49. The highest BCUT2D eigenvalue weighted by Gasteiger charge is 2.26. The van der Waals surface area contributed by atoms with E-state index in [4.69, 9.17) is 9.97 Å². The molecule has 0 saturated heterocycles. The average molecular weight is 640 g/mol. The molecule has 0 fully saturated rings. The highest BCUT2D eigenvalue weighted by Crippen LogP contribution is 2.38. The van der Waals surface area contributed by atoms with Gasteiger partial charge in [0.15, 0.2) is 0 Å². The fourth-order valence-corrected chi connectivity index (χ4v) is 7.29. The first-order valence-electron chi connectivity index (χ1n) is 16.8. The maximum atomic E-state index is 5.10. The Morgan fingerprint density at radius 1 is 0.500 bits per heavy atom. The van der Waals surface area contributed by atoms with Crippen LogP contribution in [0.1, 0.15) is 22.9 Å². The Labute approximate surface area is 289 Å². The smallest absolute Gasteiger partial charge is 0.0947 e. The summed E-state index contributed by atoms with van der Waals surface area (Å²) in [5, 5.41) is 6.81. The largest absolute Gasteiger partial charge is 0.379 e. The second-order valence-electron chi connectivity index (χ2n) is 12.8. The van der Waals surface area contributed by atoms with Crippen molar-refractivity contribution in [1.29, 1.82) is 0 Å². The number of fused-ring (bicyclic) bond motifs is 6. The molecule has 4 aromatic heterocycles. The Morgan fingerprint density at radius 3 is 2.24 bits per heavy atom. The number of dihydropyridines is 1. The van der Waals surface area contributed by atoms with Gasteiger partial charge >= 0.3 is 0 Å². The maximum absolute atomic E-state index is 5.10. The van der Waals surface area contributed by atoms with Gasteiger partial charge in [-0.25, -0.2) is 9.97 Å². The highest BCUT2D eigenvalue weighted by molar-refractivity contribution is 5.96. The standard InChI is InChI=1S/C45H29N5/c1-2-6-41-36(5-1)37(22-24-46-41)42-20-14-30-11-12-33(27-43(30)50-42)32-15-18-40-34(26-32)16-19-39(49-40)29-9-7-28(8-10-29)35-21-25-48-45-38(35)17-13-31-4-3-23-47-44(31)45/h1-27,45,48H. The molecule has 8 aromatic rings. The van der Waals surface area contributed by atoms with Crippen molar-refractivity contribution in [2.75, 3.05) is 0 Å². The van der Waals surface area contributed by atoms with Crippen molar-refractivity contribution in [3.05, 3.63) is 181 Å². The van der Waals surface area contributed by atoms with Crippen molar-refractivity contribution in [2.45, 2.75) is 6.04 Å². The molecular weight excluding hydrogens is 611 g/mol. The van der Waals surface area contributed by atoms with Crippen LogP contribution in [0.25, 0.3) is 78.0 Å². The molecule has 0 radical (unpaired) electrons. The lowest BCUT2D eigenvalue weighted by Crippen LogP contribution is -2.24. The zero-order chi connectivity index (χ0) is 33.0. The molecule has 1 aliphatic heterocycles. The summed E-state index contributed by atoms with van der Waals surface area (Å²) < 4.78 is 0. The molecule has 4 aromatic carbocycles. The van der Waals surface area contributed by atoms with Crippen molar-refractivity contribution in [3.8, 4) is 33.6 Å². The number of allylic oxidation sites excluding steroid dienone is 2. The molecule has 1 atom stereocenters. The van der Waals surface area contributed by atoms with Gasteiger partial charge in [0.1, 0.15) is 0 Å². The minimum absolute atomic E-state index is 0.0547. The van der Waals surface area contributed by atoms with Crippen molar-refractivity contribution >= 4 is 44.4 Å². The minimum atomic E-state index is 0.0547. The Bertz CT molecular complexity index is 2730. The van der Waals surface area contributed by atoms with E-state index in [1.54, 1.807) is 0 Å². The molecule has 5 nitrogen and oxygen atoms in total. The second kappa shape index (κ2) is 11.5. The van der Waals surface area contributed by atoms with Gasteiger partial charge in [-0.1, -0.05) is 91.0 Å². The zero-order valence-electron chi connectivity index (χ0n) is 27.0. The monoisotopic (exact) mass is 639 g/mol. The molecule has 0 spiro atoms. The van der Waals surface area contributed by atoms with E-state index in [0.717, 1.165) is 77.6 Å². The van der Waals surface area contributed by atoms with E-state index in [2.05, 4.69) is 131 Å². The number of nitrogens with one attached hydrogen (secondary N) is 1. The number of benzene rings is 4. The van der Waals surface area contributed by atoms with Crippen LogP contribution in [0, 0.1) is 0 Å². The number of para-hydroxylation sites is 1. The van der Waals surface area contributed by atoms with Gasteiger partial charge in [-0.3, -0.25) is 9.97 Å². The predicted molar refractivity (Wildman–Crippen MR) is 204 cm³/mol. The molecule has 50 heavy (non-hydrogen) atoms. The fourth-order valence-electron chi connectivity index (χ4n) is 7.29. The quantitative estimate of drug-likeness (QED) is 0.208. The molecule has 1 aliphatic carbocycles. The zero-order valence-corrected chi connectivity index (χ0v) is 27.0. The van der Waals surface area contributed by atoms with Crippen LogP contribution in [0.4, 0.5) is 0 Å². The van der Waals surface area contributed by atoms with Crippen LogP contribution in [-0.4, -0.2) is 19.9 Å². The van der Waals surface area contributed by atoms with E-state index in [1.165, 1.54) is 16.7 Å². The maximum Gasteiger partial charge on any atom is 0.0947 e. The van der Waals surface area contributed by atoms with Gasteiger partial charge in [-0.05, 0) is 94.2 Å². The molecule has 2 aliphatic rings. The predicted octanol–water partition coefficient (Wildman–Crippen LogP) is 10.4. The minimum Gasteiger partial charge on any atom is -0.379 e. The van der Waals surface area contributed by atoms with Crippen LogP contribution in [0.15, 0.2) is 164 Å². The molecule has 0 bridgehead atoms. The summed E-state index contributed by atoms with van der Waals surface area (Å²) in [7, 11) is 0. The lowest BCUT2D eigenvalue weighted by molar-refractivity contribution is 0.692. The van der Waals surface area contributed by atoms with E-state index >= 15 is 0 Å². The summed E-state index contributed by atoms with van der Waals surface area (Å²) in [4.78, 5) is 19.4. The number of hydrogen-bond donors (Lipinski definition) is 1. The van der Waals surface area contributed by atoms with Gasteiger partial charge in [-0.15, -0.1) is 0 Å². The normalized spacial score (nSPS) is 14.9. The summed E-state index contributed by atoms with van der Waals surface area (Å²) >= 11 is 0. The first kappa shape index (κ1) is 28.3. The lowest BCUT2D eigenvalue weighted by atomic mass is 9.85. The van der Waals surface area contributed by atoms with Gasteiger partial charge in [0.2, 0.25) is 0 Å². The van der Waals surface area contributed by atoms with Crippen LogP contribution < -0.4 is 5.32 Å². The van der Waals surface area contributed by atoms with E-state index < -0.39 is 0 Å². The van der Waals surface area contributed by atoms with Crippen molar-refractivity contribution in [2.24, 2.45) is 0 Å². The molecule has 10 rings (SSSR count). The number of nitrogens with zero attached hydrogens (tertiary/aromatic N) is 4. The Balaban J connectivity index is 0.941. The third-order valence-electron chi connectivity index (χ3n) is 9.85. The molecule has 5 heterocycles. The van der Waals surface area contributed by atoms with Crippen LogP contribution in [0.2, 0.25) is 0 Å². The molecule has 5 heteroatoms. The highest BCUT2D eigenvalue weighted by atomic mass is 14.9. The lowest BCUT2D eigenvalue weighted by Gasteiger charge is -2.28. The average Bonchev–Trinajstić information content (AvgIpc) is 3.19. The van der Waals surface area contributed by atoms with Crippen LogP contribution >= 0.6 is 0 Å². The van der Waals surface area contributed by atoms with Crippen LogP contribution in [0.3, 0.4) is 0 Å². The first-order chi connectivity index (χ1) is 24.7. The topological polar surface area (TPSA) is 63.6 Å². The number of aromatic nitrogens is 4. The fraction of sp³-hybridized carbons (Fsp3) is 0.0222. The third-order valence-corrected chi connectivity index (χ3v) is 9.85. The molecule has 0 saturated carbocycles. The van der Waals surface area contributed by atoms with E-state index in [0.29, 0.717) is 0 Å². The SMILES string of the molecule is C1=CC(c2ccc(-c3ccc4cc(-c5ccc6ccc(-c7ccnc8ccccc78)nc6c5)ccc4n3)cc2)=C2C=Cc3cccnc3C2N1. The van der Waals surface area contributed by atoms with Gasteiger partial charge in [0.05, 0.1) is 39.7 Å². The van der Waals surface area contributed by atoms with Crippen molar-refractivity contribution in [3.63, 3.8) is 0 Å². The Hall–Kier alpha value is -6.72. The number of pyridine rings is 4. The summed E-state index contributed by atoms with van der Waals surface area (Å²) in [6.07, 6.45) is 12.3. The van der Waals surface area contributed by atoms with Crippen LogP contribution in [0.5, 0.6) is 0 Å². The molecular formula is C45H29N5. The van der Waals surface area contributed by atoms with Gasteiger partial charge in [-0.2, -0.15) is 0 Å². The van der Waals surface area contributed by atoms with Crippen molar-refractivity contribution < 1.29 is 0 Å². The number of rotatable bonds is 4. The summed E-state index contributed by atoms with van der Waals surface area (Å²) in [6.45, 7) is 0. The Morgan fingerprint density at radius 2 is 1.28 bits per heavy atom. The van der Waals surface area contributed by atoms with E-state index in [9.17, 15) is 0 Å².